The van der Waals surface area contributed by atoms with Crippen molar-refractivity contribution in [2.24, 2.45) is 0 Å². The Labute approximate surface area is 89.1 Å². The van der Waals surface area contributed by atoms with Crippen LogP contribution in [-0.2, 0) is 6.42 Å². The van der Waals surface area contributed by atoms with Gasteiger partial charge in [0, 0.05) is 5.02 Å². The van der Waals surface area contributed by atoms with Crippen LogP contribution >= 0.6 is 11.6 Å². The second-order valence-electron chi connectivity index (χ2n) is 3.15. The number of nitrogens with zero attached hydrogens (tertiary/aromatic N) is 1. The smallest absolute Gasteiger partial charge is 0.125 e. The molecule has 1 aromatic rings. The summed E-state index contributed by atoms with van der Waals surface area (Å²) in [6.45, 7) is 3.86. The lowest BCUT2D eigenvalue weighted by atomic mass is 10.0. The molecule has 0 aliphatic heterocycles. The number of aryl methyl sites for hydroxylation is 1. The van der Waals surface area contributed by atoms with Crippen molar-refractivity contribution in [2.45, 2.75) is 20.3 Å². The zero-order valence-corrected chi connectivity index (χ0v) is 9.27. The van der Waals surface area contributed by atoms with Crippen LogP contribution in [-0.4, -0.2) is 7.11 Å². The SMILES string of the molecule is COc1c(C)cc(Cl)c(CC#N)c1C. The Morgan fingerprint density at radius 2 is 2.14 bits per heavy atom. The van der Waals surface area contributed by atoms with Gasteiger partial charge < -0.3 is 4.74 Å². The topological polar surface area (TPSA) is 33.0 Å². The number of hydrogen-bond donors (Lipinski definition) is 0. The molecule has 0 aromatic heterocycles. The van der Waals surface area contributed by atoms with Gasteiger partial charge in [0.05, 0.1) is 19.6 Å². The molecule has 0 fully saturated rings. The third-order valence-corrected chi connectivity index (χ3v) is 2.58. The van der Waals surface area contributed by atoms with Crippen molar-refractivity contribution >= 4 is 11.6 Å². The molecule has 0 spiro atoms. The van der Waals surface area contributed by atoms with E-state index in [4.69, 9.17) is 21.6 Å². The molecule has 2 nitrogen and oxygen atoms in total. The van der Waals surface area contributed by atoms with Crippen molar-refractivity contribution in [3.8, 4) is 11.8 Å². The Bertz CT molecular complexity index is 393. The van der Waals surface area contributed by atoms with E-state index < -0.39 is 0 Å². The predicted octanol–water partition coefficient (Wildman–Crippen LogP) is 3.03. The predicted molar refractivity (Wildman–Crippen MR) is 56.8 cm³/mol. The molecular formula is C11H12ClNO. The molecule has 0 atom stereocenters. The Kier molecular flexibility index (Phi) is 3.38. The van der Waals surface area contributed by atoms with Gasteiger partial charge in [-0.3, -0.25) is 0 Å². The lowest BCUT2D eigenvalue weighted by Gasteiger charge is -2.13. The van der Waals surface area contributed by atoms with Crippen molar-refractivity contribution in [3.63, 3.8) is 0 Å². The fourth-order valence-electron chi connectivity index (χ4n) is 1.56. The molecule has 74 valence electrons. The van der Waals surface area contributed by atoms with Gasteiger partial charge in [0.2, 0.25) is 0 Å². The minimum atomic E-state index is 0.321. The first-order valence-electron chi connectivity index (χ1n) is 4.31. The molecular weight excluding hydrogens is 198 g/mol. The minimum absolute atomic E-state index is 0.321. The van der Waals surface area contributed by atoms with Crippen LogP contribution in [0.4, 0.5) is 0 Å². The van der Waals surface area contributed by atoms with Gasteiger partial charge in [-0.15, -0.1) is 0 Å². The molecule has 0 heterocycles. The average Bonchev–Trinajstić information content (AvgIpc) is 2.12. The van der Waals surface area contributed by atoms with Crippen LogP contribution in [0.5, 0.6) is 5.75 Å². The van der Waals surface area contributed by atoms with Crippen molar-refractivity contribution in [3.05, 3.63) is 27.8 Å². The fourth-order valence-corrected chi connectivity index (χ4v) is 1.94. The van der Waals surface area contributed by atoms with E-state index in [0.717, 1.165) is 22.4 Å². The van der Waals surface area contributed by atoms with Crippen LogP contribution in [0.3, 0.4) is 0 Å². The fraction of sp³-hybridized carbons (Fsp3) is 0.364. The highest BCUT2D eigenvalue weighted by Crippen LogP contribution is 2.31. The maximum absolute atomic E-state index is 8.65. The molecule has 0 N–H and O–H groups in total. The van der Waals surface area contributed by atoms with Crippen LogP contribution in [0.15, 0.2) is 6.07 Å². The number of hydrogen-bond acceptors (Lipinski definition) is 2. The Morgan fingerprint density at radius 1 is 1.50 bits per heavy atom. The van der Waals surface area contributed by atoms with Crippen molar-refractivity contribution in [1.82, 2.24) is 0 Å². The first kappa shape index (κ1) is 10.9. The van der Waals surface area contributed by atoms with Crippen molar-refractivity contribution < 1.29 is 4.74 Å². The molecule has 0 unspecified atom stereocenters. The highest BCUT2D eigenvalue weighted by atomic mass is 35.5. The standard InChI is InChI=1S/C11H12ClNO/c1-7-6-10(12)9(4-5-13)8(2)11(7)14-3/h6H,4H2,1-3H3. The molecule has 14 heavy (non-hydrogen) atoms. The first-order valence-corrected chi connectivity index (χ1v) is 4.69. The van der Waals surface area contributed by atoms with Crippen LogP contribution in [0.1, 0.15) is 16.7 Å². The third kappa shape index (κ3) is 1.83. The summed E-state index contributed by atoms with van der Waals surface area (Å²) in [5.74, 6) is 0.819. The van der Waals surface area contributed by atoms with Gasteiger partial charge in [-0.05, 0) is 36.6 Å². The van der Waals surface area contributed by atoms with Crippen molar-refractivity contribution in [1.29, 1.82) is 5.26 Å². The molecule has 0 aliphatic rings. The first-order chi connectivity index (χ1) is 6.61. The Balaban J connectivity index is 3.37. The van der Waals surface area contributed by atoms with Gasteiger partial charge in [0.25, 0.3) is 0 Å². The third-order valence-electron chi connectivity index (χ3n) is 2.24. The summed E-state index contributed by atoms with van der Waals surface area (Å²) in [6, 6.07) is 3.93. The van der Waals surface area contributed by atoms with Gasteiger partial charge in [0.1, 0.15) is 5.75 Å². The number of ether oxygens (including phenoxy) is 1. The van der Waals surface area contributed by atoms with Gasteiger partial charge in [-0.2, -0.15) is 5.26 Å². The van der Waals surface area contributed by atoms with Gasteiger partial charge in [0.15, 0.2) is 0 Å². The molecule has 0 amide bonds. The zero-order valence-electron chi connectivity index (χ0n) is 8.52. The largest absolute Gasteiger partial charge is 0.496 e. The number of halogens is 1. The highest BCUT2D eigenvalue weighted by molar-refractivity contribution is 6.31. The van der Waals surface area contributed by atoms with Gasteiger partial charge in [-0.25, -0.2) is 0 Å². The molecule has 0 saturated carbocycles. The summed E-state index contributed by atoms with van der Waals surface area (Å²) in [7, 11) is 1.62. The second kappa shape index (κ2) is 4.34. The number of rotatable bonds is 2. The monoisotopic (exact) mass is 209 g/mol. The second-order valence-corrected chi connectivity index (χ2v) is 3.55. The van der Waals surface area contributed by atoms with E-state index in [1.165, 1.54) is 0 Å². The van der Waals surface area contributed by atoms with E-state index in [9.17, 15) is 0 Å². The number of nitriles is 1. The minimum Gasteiger partial charge on any atom is -0.496 e. The summed E-state index contributed by atoms with van der Waals surface area (Å²) in [5, 5.41) is 9.29. The maximum Gasteiger partial charge on any atom is 0.125 e. The molecule has 3 heteroatoms. The molecule has 0 aliphatic carbocycles. The summed E-state index contributed by atoms with van der Waals surface area (Å²) in [5.41, 5.74) is 2.81. The van der Waals surface area contributed by atoms with Gasteiger partial charge in [-0.1, -0.05) is 11.6 Å². The quantitative estimate of drug-likeness (QED) is 0.750. The van der Waals surface area contributed by atoms with Crippen LogP contribution in [0.25, 0.3) is 0 Å². The average molecular weight is 210 g/mol. The number of methoxy groups -OCH3 is 1. The van der Waals surface area contributed by atoms with Crippen molar-refractivity contribution in [2.75, 3.05) is 7.11 Å². The summed E-state index contributed by atoms with van der Waals surface area (Å²) >= 11 is 6.04. The lowest BCUT2D eigenvalue weighted by Crippen LogP contribution is -1.97. The van der Waals surface area contributed by atoms with E-state index in [2.05, 4.69) is 6.07 Å². The molecule has 0 radical (unpaired) electrons. The van der Waals surface area contributed by atoms with E-state index in [1.807, 2.05) is 19.9 Å². The summed E-state index contributed by atoms with van der Waals surface area (Å²) in [4.78, 5) is 0. The van der Waals surface area contributed by atoms with Crippen LogP contribution in [0, 0.1) is 25.2 Å². The summed E-state index contributed by atoms with van der Waals surface area (Å²) in [6.07, 6.45) is 0.321. The molecule has 0 bridgehead atoms. The normalized spacial score (nSPS) is 9.64. The van der Waals surface area contributed by atoms with E-state index in [1.54, 1.807) is 7.11 Å². The van der Waals surface area contributed by atoms with E-state index in [0.29, 0.717) is 11.4 Å². The molecule has 1 rings (SSSR count). The Morgan fingerprint density at radius 3 is 2.64 bits per heavy atom. The number of benzene rings is 1. The lowest BCUT2D eigenvalue weighted by molar-refractivity contribution is 0.408. The van der Waals surface area contributed by atoms with E-state index >= 15 is 0 Å². The Hall–Kier alpha value is -1.20. The van der Waals surface area contributed by atoms with Crippen LogP contribution < -0.4 is 4.74 Å². The zero-order chi connectivity index (χ0) is 10.7. The molecule has 1 aromatic carbocycles. The van der Waals surface area contributed by atoms with Gasteiger partial charge >= 0.3 is 0 Å². The van der Waals surface area contributed by atoms with E-state index in [-0.39, 0.29) is 0 Å². The highest BCUT2D eigenvalue weighted by Gasteiger charge is 2.11. The maximum atomic E-state index is 8.65. The van der Waals surface area contributed by atoms with Crippen LogP contribution in [0.2, 0.25) is 5.02 Å². The summed E-state index contributed by atoms with van der Waals surface area (Å²) < 4.78 is 5.25. The molecule has 0 saturated heterocycles.